The third kappa shape index (κ3) is 4.27. The molecule has 2 N–H and O–H groups in total. The fourth-order valence-electron chi connectivity index (χ4n) is 5.61. The van der Waals surface area contributed by atoms with Crippen LogP contribution >= 0.6 is 0 Å². The van der Waals surface area contributed by atoms with E-state index in [0.717, 1.165) is 30.4 Å². The third-order valence-electron chi connectivity index (χ3n) is 7.63. The number of carboxylic acid groups (broad SMARTS) is 1. The van der Waals surface area contributed by atoms with Crippen LogP contribution in [-0.4, -0.2) is 53.2 Å². The number of nitrogens with one attached hydrogen (secondary N) is 1. The summed E-state index contributed by atoms with van der Waals surface area (Å²) in [5.41, 5.74) is 4.06. The zero-order chi connectivity index (χ0) is 23.7. The van der Waals surface area contributed by atoms with Gasteiger partial charge in [-0.05, 0) is 54.4 Å². The number of likely N-dealkylation sites (tertiary alicyclic amines) is 1. The Kier molecular flexibility index (Phi) is 6.02. The van der Waals surface area contributed by atoms with Crippen molar-refractivity contribution in [1.82, 2.24) is 10.2 Å². The van der Waals surface area contributed by atoms with Gasteiger partial charge in [0.15, 0.2) is 0 Å². The van der Waals surface area contributed by atoms with Crippen LogP contribution in [0.1, 0.15) is 55.6 Å². The number of carbonyl (C=O) groups excluding carboxylic acids is 2. The second-order valence-electron chi connectivity index (χ2n) is 9.78. The van der Waals surface area contributed by atoms with Crippen LogP contribution in [0.4, 0.5) is 4.79 Å². The van der Waals surface area contributed by atoms with Crippen molar-refractivity contribution in [2.24, 2.45) is 5.92 Å². The highest BCUT2D eigenvalue weighted by Crippen LogP contribution is 2.44. The quantitative estimate of drug-likeness (QED) is 0.672. The Morgan fingerprint density at radius 3 is 2.24 bits per heavy atom. The molecule has 34 heavy (non-hydrogen) atoms. The van der Waals surface area contributed by atoms with Gasteiger partial charge >= 0.3 is 12.1 Å². The number of hydrogen-bond donors (Lipinski definition) is 2. The lowest BCUT2D eigenvalue weighted by Gasteiger charge is -2.43. The van der Waals surface area contributed by atoms with Crippen molar-refractivity contribution in [3.63, 3.8) is 0 Å². The first-order chi connectivity index (χ1) is 16.5. The number of nitrogens with zero attached hydrogens (tertiary/aromatic N) is 1. The number of amides is 2. The third-order valence-corrected chi connectivity index (χ3v) is 7.63. The van der Waals surface area contributed by atoms with Gasteiger partial charge in [-0.15, -0.1) is 0 Å². The molecule has 0 spiro atoms. The minimum absolute atomic E-state index is 0.0153. The fourth-order valence-corrected chi connectivity index (χ4v) is 5.61. The molecular weight excluding hydrogens is 432 g/mol. The molecule has 7 heteroatoms. The minimum Gasteiger partial charge on any atom is -0.481 e. The fraction of sp³-hybridized carbons (Fsp3) is 0.444. The van der Waals surface area contributed by atoms with Gasteiger partial charge < -0.3 is 20.1 Å². The summed E-state index contributed by atoms with van der Waals surface area (Å²) in [6.07, 6.45) is 3.35. The molecule has 1 aliphatic heterocycles. The highest BCUT2D eigenvalue weighted by atomic mass is 16.5. The minimum atomic E-state index is -0.854. The highest BCUT2D eigenvalue weighted by molar-refractivity contribution is 5.81. The predicted molar refractivity (Wildman–Crippen MR) is 126 cm³/mol. The van der Waals surface area contributed by atoms with E-state index in [1.165, 1.54) is 11.1 Å². The van der Waals surface area contributed by atoms with Crippen molar-refractivity contribution in [2.75, 3.05) is 19.7 Å². The van der Waals surface area contributed by atoms with Crippen LogP contribution in [0.3, 0.4) is 0 Å². The van der Waals surface area contributed by atoms with E-state index in [1.54, 1.807) is 4.90 Å². The van der Waals surface area contributed by atoms with Gasteiger partial charge in [0.2, 0.25) is 5.91 Å². The first-order valence-electron chi connectivity index (χ1n) is 12.1. The lowest BCUT2D eigenvalue weighted by molar-refractivity contribution is -0.146. The summed E-state index contributed by atoms with van der Waals surface area (Å²) in [5.74, 6) is -1.47. The number of carboxylic acids is 1. The SMILES string of the molecule is O=C(NC1(CC(=O)N2CCC[C@@H](C(=O)O)C2)CCC1)OCC1c2ccccc2-c2ccccc21. The van der Waals surface area contributed by atoms with Crippen LogP contribution in [0.2, 0.25) is 0 Å². The molecule has 0 unspecified atom stereocenters. The molecule has 2 amide bonds. The van der Waals surface area contributed by atoms with Crippen LogP contribution in [0.25, 0.3) is 11.1 Å². The average Bonchev–Trinajstić information content (AvgIpc) is 3.15. The normalized spacial score (nSPS) is 20.6. The molecule has 1 saturated carbocycles. The molecule has 2 aliphatic carbocycles. The predicted octanol–water partition coefficient (Wildman–Crippen LogP) is 4.16. The van der Waals surface area contributed by atoms with Crippen molar-refractivity contribution in [3.05, 3.63) is 59.7 Å². The Hall–Kier alpha value is -3.35. The van der Waals surface area contributed by atoms with E-state index in [1.807, 2.05) is 24.3 Å². The topological polar surface area (TPSA) is 95.9 Å². The molecule has 0 radical (unpaired) electrons. The van der Waals surface area contributed by atoms with E-state index < -0.39 is 23.5 Å². The van der Waals surface area contributed by atoms with E-state index in [4.69, 9.17) is 4.74 Å². The van der Waals surface area contributed by atoms with Gasteiger partial charge in [0, 0.05) is 19.0 Å². The Morgan fingerprint density at radius 2 is 1.65 bits per heavy atom. The Labute approximate surface area is 199 Å². The molecule has 1 saturated heterocycles. The molecule has 0 aromatic heterocycles. The number of benzene rings is 2. The number of ether oxygens (including phenoxy) is 1. The molecule has 2 aromatic carbocycles. The number of alkyl carbamates (subject to hydrolysis) is 1. The first-order valence-corrected chi connectivity index (χ1v) is 12.1. The maximum absolute atomic E-state index is 12.9. The van der Waals surface area contributed by atoms with E-state index >= 15 is 0 Å². The van der Waals surface area contributed by atoms with Crippen LogP contribution < -0.4 is 5.32 Å². The zero-order valence-corrected chi connectivity index (χ0v) is 19.2. The van der Waals surface area contributed by atoms with Gasteiger partial charge in [-0.1, -0.05) is 48.5 Å². The Morgan fingerprint density at radius 1 is 1.00 bits per heavy atom. The van der Waals surface area contributed by atoms with Gasteiger partial charge in [0.1, 0.15) is 6.61 Å². The number of piperidine rings is 1. The average molecular weight is 463 g/mol. The van der Waals surface area contributed by atoms with E-state index in [9.17, 15) is 19.5 Å². The molecule has 1 heterocycles. The molecule has 2 fully saturated rings. The second kappa shape index (κ2) is 9.12. The van der Waals surface area contributed by atoms with Gasteiger partial charge in [0.25, 0.3) is 0 Å². The number of carbonyl (C=O) groups is 3. The lowest BCUT2D eigenvalue weighted by atomic mass is 9.74. The van der Waals surface area contributed by atoms with Gasteiger partial charge in [0.05, 0.1) is 17.9 Å². The maximum atomic E-state index is 12.9. The number of hydrogen-bond acceptors (Lipinski definition) is 4. The van der Waals surface area contributed by atoms with Crippen molar-refractivity contribution >= 4 is 18.0 Å². The van der Waals surface area contributed by atoms with E-state index in [0.29, 0.717) is 19.4 Å². The van der Waals surface area contributed by atoms with Crippen LogP contribution in [-0.2, 0) is 14.3 Å². The molecule has 0 bridgehead atoms. The van der Waals surface area contributed by atoms with Gasteiger partial charge in [-0.25, -0.2) is 4.79 Å². The first kappa shape index (κ1) is 22.4. The Balaban J connectivity index is 1.20. The standard InChI is InChI=1S/C27H30N2O5/c30-24(29-14-5-7-18(16-29)25(31)32)15-27(12-6-13-27)28-26(33)34-17-23-21-10-3-1-8-19(21)20-9-2-4-11-22(20)23/h1-4,8-11,18,23H,5-7,12-17H2,(H,28,33)(H,31,32)/t18-/m1/s1. The Bertz CT molecular complexity index is 1060. The summed E-state index contributed by atoms with van der Waals surface area (Å²) < 4.78 is 5.69. The molecule has 5 rings (SSSR count). The van der Waals surface area contributed by atoms with Crippen molar-refractivity contribution < 1.29 is 24.2 Å². The summed E-state index contributed by atoms with van der Waals surface area (Å²) in [4.78, 5) is 38.7. The number of rotatable bonds is 6. The summed E-state index contributed by atoms with van der Waals surface area (Å²) in [6, 6.07) is 16.4. The highest BCUT2D eigenvalue weighted by Gasteiger charge is 2.42. The molecule has 2 aromatic rings. The number of aliphatic carboxylic acids is 1. The summed E-state index contributed by atoms with van der Waals surface area (Å²) in [7, 11) is 0. The van der Waals surface area contributed by atoms with Crippen molar-refractivity contribution in [2.45, 2.75) is 50.0 Å². The van der Waals surface area contributed by atoms with Crippen LogP contribution in [0, 0.1) is 5.92 Å². The largest absolute Gasteiger partial charge is 0.481 e. The van der Waals surface area contributed by atoms with E-state index in [-0.39, 0.29) is 31.4 Å². The number of fused-ring (bicyclic) bond motifs is 3. The summed E-state index contributed by atoms with van der Waals surface area (Å²) >= 11 is 0. The molecule has 178 valence electrons. The van der Waals surface area contributed by atoms with Gasteiger partial charge in [-0.3, -0.25) is 9.59 Å². The molecule has 7 nitrogen and oxygen atoms in total. The van der Waals surface area contributed by atoms with Crippen LogP contribution in [0.15, 0.2) is 48.5 Å². The maximum Gasteiger partial charge on any atom is 0.407 e. The lowest BCUT2D eigenvalue weighted by Crippen LogP contribution is -2.57. The zero-order valence-electron chi connectivity index (χ0n) is 19.2. The van der Waals surface area contributed by atoms with E-state index in [2.05, 4.69) is 29.6 Å². The monoisotopic (exact) mass is 462 g/mol. The summed E-state index contributed by atoms with van der Waals surface area (Å²) in [5, 5.41) is 12.3. The van der Waals surface area contributed by atoms with Crippen molar-refractivity contribution in [1.29, 1.82) is 0 Å². The summed E-state index contributed by atoms with van der Waals surface area (Å²) in [6.45, 7) is 1.05. The van der Waals surface area contributed by atoms with Gasteiger partial charge in [-0.2, -0.15) is 0 Å². The molecule has 1 atom stereocenters. The molecular formula is C27H30N2O5. The van der Waals surface area contributed by atoms with Crippen molar-refractivity contribution in [3.8, 4) is 11.1 Å². The second-order valence-corrected chi connectivity index (χ2v) is 9.78. The molecule has 3 aliphatic rings. The van der Waals surface area contributed by atoms with Crippen LogP contribution in [0.5, 0.6) is 0 Å². The smallest absolute Gasteiger partial charge is 0.407 e.